The molecule has 0 aliphatic carbocycles. The molecule has 0 radical (unpaired) electrons. The Labute approximate surface area is 635 Å². The van der Waals surface area contributed by atoms with Gasteiger partial charge in [-0.15, -0.1) is 0 Å². The quantitative estimate of drug-likeness (QED) is 0.0442. The summed E-state index contributed by atoms with van der Waals surface area (Å²) in [6.07, 6.45) is 11.0. The Balaban J connectivity index is 0.907. The molecule has 1 unspecified atom stereocenters. The van der Waals surface area contributed by atoms with E-state index in [0.29, 0.717) is 23.4 Å². The van der Waals surface area contributed by atoms with Gasteiger partial charge in [-0.25, -0.2) is 0 Å². The fraction of sp³-hybridized carbons (Fsp3) is 0.0404. The van der Waals surface area contributed by atoms with Crippen LogP contribution in [0.4, 0.5) is 5.95 Å². The number of hydrogen-bond donors (Lipinski definition) is 1. The smallest absolute Gasteiger partial charge is 0.240 e. The zero-order valence-corrected chi connectivity index (χ0v) is 63.7. The van der Waals surface area contributed by atoms with Crippen molar-refractivity contribution >= 4 is 136 Å². The Morgan fingerprint density at radius 1 is 0.389 bits per heavy atom. The summed E-state index contributed by atoms with van der Waals surface area (Å²) in [6.45, 7) is 11.5. The molecule has 518 valence electrons. The van der Waals surface area contributed by atoms with Gasteiger partial charge in [0.2, 0.25) is 11.9 Å². The third kappa shape index (κ3) is 11.9. The summed E-state index contributed by atoms with van der Waals surface area (Å²) >= 11 is 0. The lowest BCUT2D eigenvalue weighted by Gasteiger charge is -2.39. The van der Waals surface area contributed by atoms with Crippen LogP contribution in [0, 0.1) is 0 Å². The van der Waals surface area contributed by atoms with Crippen LogP contribution in [-0.2, 0) is 0 Å². The Hall–Kier alpha value is -12.9. The maximum absolute atomic E-state index is 5.81. The van der Waals surface area contributed by atoms with Crippen LogP contribution in [0.1, 0.15) is 26.3 Å². The van der Waals surface area contributed by atoms with Crippen molar-refractivity contribution in [2.45, 2.75) is 26.3 Å². The molecule has 17 aromatic rings. The molecule has 0 saturated carbocycles. The molecular weight excluding hydrogens is 1360 g/mol. The number of rotatable bonds is 21. The standard InChI is InChI=1S/C99H80N6Si3/c1-5-6-16-40-74(4)106(77-44-19-8-20-45-77,78-46-21-9-22-47-78)94-64-38-36-61-87(94)72(2)69-73(3)100-98-101-97(75-41-39-60-85(70-75)107(79-48-23-10-24-49-79,80-50-25-11-26-51-80)81-52-27-12-28-53-81)102-99(103-98)105-91-63-37-35-62-88(91)89-67-68-92-95(96(89)105)90-66-65-86(71-93(90)104(92)76-42-17-7-18-43-76)108(82-54-29-13-30-55-82,83-56-31-14-32-57-83)84-58-33-15-34-59-84/h5-71,74H,3H2,1-2,4H3,(H,100,101,102,103)/b6-5-,40-16-,72-69+. The van der Waals surface area contributed by atoms with Crippen molar-refractivity contribution in [1.29, 1.82) is 0 Å². The highest BCUT2D eigenvalue weighted by molar-refractivity contribution is 7.20. The van der Waals surface area contributed by atoms with Crippen LogP contribution in [0.2, 0.25) is 5.54 Å². The molecule has 1 atom stereocenters. The lowest BCUT2D eigenvalue weighted by molar-refractivity contribution is 0.952. The van der Waals surface area contributed by atoms with Crippen molar-refractivity contribution in [2.24, 2.45) is 0 Å². The monoisotopic (exact) mass is 1440 g/mol. The highest BCUT2D eigenvalue weighted by atomic mass is 28.3. The molecule has 17 rings (SSSR count). The number of para-hydroxylation sites is 2. The molecule has 3 aromatic heterocycles. The van der Waals surface area contributed by atoms with Crippen LogP contribution in [-0.4, -0.2) is 48.3 Å². The Morgan fingerprint density at radius 3 is 1.37 bits per heavy atom. The molecule has 0 aliphatic rings. The summed E-state index contributed by atoms with van der Waals surface area (Å²) in [7, 11) is -8.93. The van der Waals surface area contributed by atoms with Gasteiger partial charge in [0.1, 0.15) is 0 Å². The number of nitrogens with one attached hydrogen (secondary N) is 1. The van der Waals surface area contributed by atoms with Crippen LogP contribution >= 0.6 is 0 Å². The Morgan fingerprint density at radius 2 is 0.843 bits per heavy atom. The zero-order valence-electron chi connectivity index (χ0n) is 60.7. The molecule has 1 N–H and O–H groups in total. The summed E-state index contributed by atoms with van der Waals surface area (Å²) in [6, 6.07) is 139. The number of nitrogens with zero attached hydrogens (tertiary/aromatic N) is 5. The number of aromatic nitrogens is 5. The molecule has 0 fully saturated rings. The van der Waals surface area contributed by atoms with Crippen molar-refractivity contribution in [1.82, 2.24) is 24.1 Å². The molecule has 108 heavy (non-hydrogen) atoms. The number of hydrogen-bond acceptors (Lipinski definition) is 4. The summed E-state index contributed by atoms with van der Waals surface area (Å²) in [5.74, 6) is 1.34. The van der Waals surface area contributed by atoms with E-state index >= 15 is 0 Å². The summed E-state index contributed by atoms with van der Waals surface area (Å²) in [5, 5.41) is 22.3. The van der Waals surface area contributed by atoms with E-state index in [1.807, 2.05) is 0 Å². The summed E-state index contributed by atoms with van der Waals surface area (Å²) in [4.78, 5) is 17.0. The van der Waals surface area contributed by atoms with Gasteiger partial charge in [-0.2, -0.15) is 15.0 Å². The number of anilines is 1. The van der Waals surface area contributed by atoms with Crippen LogP contribution < -0.4 is 62.4 Å². The zero-order chi connectivity index (χ0) is 73.0. The molecule has 0 bridgehead atoms. The van der Waals surface area contributed by atoms with Gasteiger partial charge in [-0.1, -0.05) is 384 Å². The lowest BCUT2D eigenvalue weighted by Crippen LogP contribution is -2.74. The van der Waals surface area contributed by atoms with Gasteiger partial charge < -0.3 is 9.88 Å². The second kappa shape index (κ2) is 29.6. The summed E-state index contributed by atoms with van der Waals surface area (Å²) < 4.78 is 4.77. The van der Waals surface area contributed by atoms with E-state index in [1.54, 1.807) is 0 Å². The van der Waals surface area contributed by atoms with E-state index in [-0.39, 0.29) is 5.54 Å². The SMILES string of the molecule is C=C(/C=C(\C)c1ccccc1[Si](c1ccccc1)(c1ccccc1)C(C)/C=C\C=C/C)Nc1nc(-c2cccc([Si](c3ccccc3)(c3ccccc3)c3ccccc3)c2)nc(-n2c3ccccc3c3ccc4c(c5ccc([Si](c6ccccc6)(c6ccccc6)c6ccccc6)cc5n4-c4ccccc4)c32)n1. The van der Waals surface area contributed by atoms with Gasteiger partial charge >= 0.3 is 0 Å². The van der Waals surface area contributed by atoms with E-state index in [4.69, 9.17) is 21.5 Å². The van der Waals surface area contributed by atoms with E-state index in [2.05, 4.69) is 442 Å². The molecule has 0 amide bonds. The third-order valence-corrected chi connectivity index (χ3v) is 36.8. The minimum absolute atomic E-state index is 0.157. The van der Waals surface area contributed by atoms with Gasteiger partial charge in [-0.05, 0) is 124 Å². The van der Waals surface area contributed by atoms with Gasteiger partial charge in [0.25, 0.3) is 0 Å². The van der Waals surface area contributed by atoms with E-state index < -0.39 is 24.2 Å². The maximum atomic E-state index is 5.81. The first-order chi connectivity index (χ1) is 53.3. The average molecular weight is 1440 g/mol. The fourth-order valence-corrected chi connectivity index (χ4v) is 32.3. The number of fused-ring (bicyclic) bond motifs is 7. The fourth-order valence-electron chi connectivity index (χ4n) is 17.3. The first kappa shape index (κ1) is 68.2. The molecule has 0 aliphatic heterocycles. The van der Waals surface area contributed by atoms with E-state index in [0.717, 1.165) is 66.0 Å². The lowest BCUT2D eigenvalue weighted by atomic mass is 10.1. The van der Waals surface area contributed by atoms with Crippen molar-refractivity contribution < 1.29 is 0 Å². The molecule has 0 saturated heterocycles. The third-order valence-electron chi connectivity index (χ3n) is 21.9. The van der Waals surface area contributed by atoms with Crippen LogP contribution in [0.5, 0.6) is 0 Å². The first-order valence-corrected chi connectivity index (χ1v) is 43.3. The maximum Gasteiger partial charge on any atom is 0.240 e. The minimum Gasteiger partial charge on any atom is -0.325 e. The van der Waals surface area contributed by atoms with E-state index in [9.17, 15) is 0 Å². The molecule has 0 spiro atoms. The Bertz CT molecular complexity index is 5950. The van der Waals surface area contributed by atoms with Gasteiger partial charge in [0.05, 0.1) is 22.1 Å². The summed E-state index contributed by atoms with van der Waals surface area (Å²) in [5.41, 5.74) is 9.03. The van der Waals surface area contributed by atoms with Crippen LogP contribution in [0.15, 0.2) is 419 Å². The normalized spacial score (nSPS) is 12.6. The highest BCUT2D eigenvalue weighted by Crippen LogP contribution is 2.42. The first-order valence-electron chi connectivity index (χ1n) is 37.2. The second-order valence-electron chi connectivity index (χ2n) is 27.9. The molecule has 14 aromatic carbocycles. The topological polar surface area (TPSA) is 60.6 Å². The molecular formula is C99H80N6Si3. The number of benzene rings is 14. The van der Waals surface area contributed by atoms with Crippen molar-refractivity contribution in [3.8, 4) is 23.0 Å². The van der Waals surface area contributed by atoms with Gasteiger partial charge in [-0.3, -0.25) is 4.57 Å². The van der Waals surface area contributed by atoms with Gasteiger partial charge in [0, 0.05) is 38.5 Å². The second-order valence-corrected chi connectivity index (χ2v) is 39.8. The van der Waals surface area contributed by atoms with E-state index in [1.165, 1.54) is 57.1 Å². The number of allylic oxidation sites excluding steroid dienone is 6. The minimum atomic E-state index is -3.05. The molecule has 3 heterocycles. The molecule has 9 heteroatoms. The molecule has 6 nitrogen and oxygen atoms in total. The van der Waals surface area contributed by atoms with Crippen molar-refractivity contribution in [3.05, 3.63) is 424 Å². The predicted molar refractivity (Wildman–Crippen MR) is 465 cm³/mol. The van der Waals surface area contributed by atoms with Crippen LogP contribution in [0.25, 0.3) is 72.2 Å². The van der Waals surface area contributed by atoms with Crippen molar-refractivity contribution in [2.75, 3.05) is 5.32 Å². The largest absolute Gasteiger partial charge is 0.325 e. The average Bonchev–Trinajstić information content (AvgIpc) is 1.51. The predicted octanol–water partition coefficient (Wildman–Crippen LogP) is 16.5. The highest BCUT2D eigenvalue weighted by Gasteiger charge is 2.46. The van der Waals surface area contributed by atoms with Gasteiger partial charge in [0.15, 0.2) is 30.0 Å². The Kier molecular flexibility index (Phi) is 18.7. The van der Waals surface area contributed by atoms with Crippen LogP contribution in [0.3, 0.4) is 0 Å². The van der Waals surface area contributed by atoms with Crippen molar-refractivity contribution in [3.63, 3.8) is 0 Å².